The van der Waals surface area contributed by atoms with Crippen LogP contribution in [0.3, 0.4) is 0 Å². The van der Waals surface area contributed by atoms with E-state index in [1.807, 2.05) is 43.3 Å². The lowest BCUT2D eigenvalue weighted by molar-refractivity contribution is -0.151. The first-order chi connectivity index (χ1) is 15.6. The number of ketones is 1. The molecule has 5 nitrogen and oxygen atoms in total. The number of nitrogens with zero attached hydrogens (tertiary/aromatic N) is 2. The van der Waals surface area contributed by atoms with Crippen LogP contribution >= 0.6 is 0 Å². The lowest BCUT2D eigenvalue weighted by atomic mass is 9.70. The van der Waals surface area contributed by atoms with Crippen LogP contribution in [0.25, 0.3) is 0 Å². The number of hydrogen-bond acceptors (Lipinski definition) is 5. The van der Waals surface area contributed by atoms with Gasteiger partial charge < -0.3 is 4.74 Å². The summed E-state index contributed by atoms with van der Waals surface area (Å²) in [6.45, 7) is 1.89. The molecule has 2 aromatic rings. The van der Waals surface area contributed by atoms with Crippen molar-refractivity contribution in [1.82, 2.24) is 4.98 Å². The number of ether oxygens (including phenoxy) is 1. The molecule has 1 aromatic carbocycles. The van der Waals surface area contributed by atoms with E-state index in [0.29, 0.717) is 24.1 Å². The second-order valence-electron chi connectivity index (χ2n) is 9.11. The van der Waals surface area contributed by atoms with Crippen LogP contribution in [0, 0.1) is 5.92 Å². The Balaban J connectivity index is 1.53. The summed E-state index contributed by atoms with van der Waals surface area (Å²) in [5, 5.41) is 0. The molecule has 2 aliphatic carbocycles. The van der Waals surface area contributed by atoms with Crippen LogP contribution in [0.1, 0.15) is 68.5 Å². The van der Waals surface area contributed by atoms with Crippen LogP contribution in [0.4, 0.5) is 0 Å². The number of rotatable bonds is 4. The molecular formula is C27H28N2O3. The molecule has 0 radical (unpaired) electrons. The highest BCUT2D eigenvalue weighted by Gasteiger charge is 2.45. The number of benzene rings is 1. The van der Waals surface area contributed by atoms with Crippen molar-refractivity contribution in [2.24, 2.45) is 10.9 Å². The van der Waals surface area contributed by atoms with Gasteiger partial charge in [0, 0.05) is 35.3 Å². The summed E-state index contributed by atoms with van der Waals surface area (Å²) in [4.78, 5) is 36.2. The van der Waals surface area contributed by atoms with E-state index >= 15 is 0 Å². The number of carbonyl (C=O) groups excluding carboxylic acids is 2. The van der Waals surface area contributed by atoms with Crippen LogP contribution in [0.5, 0.6) is 0 Å². The zero-order valence-corrected chi connectivity index (χ0v) is 18.4. The maximum Gasteiger partial charge on any atom is 0.315 e. The van der Waals surface area contributed by atoms with Gasteiger partial charge in [-0.2, -0.15) is 0 Å². The summed E-state index contributed by atoms with van der Waals surface area (Å²) in [5.74, 6) is -1.17. The monoisotopic (exact) mass is 428 g/mol. The minimum absolute atomic E-state index is 0.0282. The molecular weight excluding hydrogens is 400 g/mol. The van der Waals surface area contributed by atoms with Gasteiger partial charge in [0.1, 0.15) is 12.0 Å². The lowest BCUT2D eigenvalue weighted by Crippen LogP contribution is -2.39. The fourth-order valence-corrected chi connectivity index (χ4v) is 5.45. The molecule has 0 amide bonds. The van der Waals surface area contributed by atoms with Gasteiger partial charge >= 0.3 is 5.97 Å². The third-order valence-electron chi connectivity index (χ3n) is 7.00. The minimum atomic E-state index is -0.610. The molecule has 5 rings (SSSR count). The van der Waals surface area contributed by atoms with Gasteiger partial charge in [0.15, 0.2) is 5.78 Å². The highest BCUT2D eigenvalue weighted by molar-refractivity contribution is 6.09. The number of carbonyl (C=O) groups is 2. The smallest absolute Gasteiger partial charge is 0.315 e. The van der Waals surface area contributed by atoms with Crippen LogP contribution in [-0.2, 0) is 14.3 Å². The van der Waals surface area contributed by atoms with E-state index < -0.39 is 11.8 Å². The number of hydrogen-bond donors (Lipinski definition) is 0. The Hall–Kier alpha value is -3.08. The van der Waals surface area contributed by atoms with E-state index in [4.69, 9.17) is 9.73 Å². The quantitative estimate of drug-likeness (QED) is 0.632. The van der Waals surface area contributed by atoms with Crippen molar-refractivity contribution in [2.75, 3.05) is 0 Å². The molecule has 1 unspecified atom stereocenters. The van der Waals surface area contributed by atoms with Crippen molar-refractivity contribution in [1.29, 1.82) is 0 Å². The predicted molar refractivity (Wildman–Crippen MR) is 122 cm³/mol. The van der Waals surface area contributed by atoms with Crippen LogP contribution < -0.4 is 0 Å². The summed E-state index contributed by atoms with van der Waals surface area (Å²) in [5.41, 5.74) is 4.04. The van der Waals surface area contributed by atoms with E-state index in [0.717, 1.165) is 42.6 Å². The predicted octanol–water partition coefficient (Wildman–Crippen LogP) is 5.14. The fraction of sp³-hybridized carbons (Fsp3) is 0.407. The maximum atomic E-state index is 13.5. The van der Waals surface area contributed by atoms with Crippen molar-refractivity contribution in [3.8, 4) is 0 Å². The first-order valence-electron chi connectivity index (χ1n) is 11.6. The number of Topliss-reactive ketones (excluding diaryl/α,β-unsaturated/α-hetero) is 1. The van der Waals surface area contributed by atoms with Crippen LogP contribution in [0.2, 0.25) is 0 Å². The first-order valence-corrected chi connectivity index (χ1v) is 11.6. The SMILES string of the molecule is CC1=NC2=C(C(=O)C[C@H](c3ccccc3)C2)[C@@H](c2ccccn2)C1C(=O)OC1CCCC1. The molecule has 0 spiro atoms. The number of pyridine rings is 1. The van der Waals surface area contributed by atoms with Gasteiger partial charge in [-0.1, -0.05) is 36.4 Å². The molecule has 1 saturated carbocycles. The molecule has 1 aromatic heterocycles. The van der Waals surface area contributed by atoms with Gasteiger partial charge in [0.2, 0.25) is 0 Å². The van der Waals surface area contributed by atoms with E-state index in [-0.39, 0.29) is 23.8 Å². The standard InChI is InChI=1S/C27H28N2O3/c1-17-24(27(31)32-20-11-5-6-12-20)26(21-13-7-8-14-28-21)25-22(29-17)15-19(16-23(25)30)18-9-3-2-4-10-18/h2-4,7-10,13-14,19-20,24,26H,5-6,11-12,15-16H2,1H3/t19-,24?,26+/m1/s1. The average Bonchev–Trinajstić information content (AvgIpc) is 3.32. The summed E-state index contributed by atoms with van der Waals surface area (Å²) >= 11 is 0. The second kappa shape index (κ2) is 8.81. The molecule has 164 valence electrons. The molecule has 0 saturated heterocycles. The van der Waals surface area contributed by atoms with Crippen LogP contribution in [-0.4, -0.2) is 28.6 Å². The summed E-state index contributed by atoms with van der Waals surface area (Å²) < 4.78 is 5.90. The van der Waals surface area contributed by atoms with Crippen LogP contribution in [0.15, 0.2) is 71.0 Å². The van der Waals surface area contributed by atoms with E-state index in [9.17, 15) is 9.59 Å². The van der Waals surface area contributed by atoms with Crippen molar-refractivity contribution in [3.63, 3.8) is 0 Å². The molecule has 3 aliphatic rings. The number of aromatic nitrogens is 1. The largest absolute Gasteiger partial charge is 0.462 e. The number of esters is 1. The molecule has 1 aliphatic heterocycles. The Morgan fingerprint density at radius 3 is 2.47 bits per heavy atom. The number of aliphatic imine (C=N–C) groups is 1. The third-order valence-corrected chi connectivity index (χ3v) is 7.00. The maximum absolute atomic E-state index is 13.5. The van der Waals surface area contributed by atoms with Gasteiger partial charge in [-0.3, -0.25) is 19.6 Å². The van der Waals surface area contributed by atoms with Gasteiger partial charge in [0.25, 0.3) is 0 Å². The van der Waals surface area contributed by atoms with E-state index in [1.165, 1.54) is 0 Å². The Bertz CT molecular complexity index is 1070. The van der Waals surface area contributed by atoms with Crippen molar-refractivity contribution >= 4 is 17.5 Å². The fourth-order valence-electron chi connectivity index (χ4n) is 5.45. The summed E-state index contributed by atoms with van der Waals surface area (Å²) in [7, 11) is 0. The van der Waals surface area contributed by atoms with Crippen molar-refractivity contribution in [3.05, 3.63) is 77.3 Å². The number of allylic oxidation sites excluding steroid dienone is 2. The van der Waals surface area contributed by atoms with E-state index in [2.05, 4.69) is 17.1 Å². The Morgan fingerprint density at radius 1 is 1.00 bits per heavy atom. The molecule has 1 fully saturated rings. The van der Waals surface area contributed by atoms with Gasteiger partial charge in [-0.25, -0.2) is 0 Å². The van der Waals surface area contributed by atoms with Gasteiger partial charge in [-0.15, -0.1) is 0 Å². The summed E-state index contributed by atoms with van der Waals surface area (Å²) in [6.07, 6.45) is 6.81. The molecule has 3 atom stereocenters. The highest BCUT2D eigenvalue weighted by atomic mass is 16.5. The third kappa shape index (κ3) is 3.92. The minimum Gasteiger partial charge on any atom is -0.462 e. The Morgan fingerprint density at radius 2 is 1.75 bits per heavy atom. The van der Waals surface area contributed by atoms with Crippen molar-refractivity contribution in [2.45, 2.75) is 63.4 Å². The lowest BCUT2D eigenvalue weighted by Gasteiger charge is -2.36. The van der Waals surface area contributed by atoms with Crippen molar-refractivity contribution < 1.29 is 14.3 Å². The van der Waals surface area contributed by atoms with E-state index in [1.54, 1.807) is 6.20 Å². The zero-order valence-electron chi connectivity index (χ0n) is 18.4. The molecule has 5 heteroatoms. The molecule has 2 heterocycles. The van der Waals surface area contributed by atoms with Gasteiger partial charge in [0.05, 0.1) is 5.92 Å². The Kier molecular flexibility index (Phi) is 5.73. The summed E-state index contributed by atoms with van der Waals surface area (Å²) in [6, 6.07) is 15.8. The molecule has 0 N–H and O–H groups in total. The normalized spacial score (nSPS) is 26.0. The molecule has 0 bridgehead atoms. The second-order valence-corrected chi connectivity index (χ2v) is 9.11. The average molecular weight is 429 g/mol. The van der Waals surface area contributed by atoms with Gasteiger partial charge in [-0.05, 0) is 62.6 Å². The topological polar surface area (TPSA) is 68.6 Å². The molecule has 32 heavy (non-hydrogen) atoms. The Labute approximate surface area is 188 Å². The first kappa shape index (κ1) is 20.8. The highest BCUT2D eigenvalue weighted by Crippen LogP contribution is 2.46. The zero-order chi connectivity index (χ0) is 22.1.